The Morgan fingerprint density at radius 1 is 1.27 bits per heavy atom. The van der Waals surface area contributed by atoms with Gasteiger partial charge in [-0.2, -0.15) is 0 Å². The van der Waals surface area contributed by atoms with Crippen molar-refractivity contribution in [3.05, 3.63) is 42.1 Å². The van der Waals surface area contributed by atoms with Gasteiger partial charge in [0.25, 0.3) is 5.91 Å². The van der Waals surface area contributed by atoms with E-state index in [2.05, 4.69) is 4.98 Å². The molecule has 6 heteroatoms. The average Bonchev–Trinajstić information content (AvgIpc) is 3.02. The molecule has 6 nitrogen and oxygen atoms in total. The number of carbonyl (C=O) groups excluding carboxylic acids is 1. The van der Waals surface area contributed by atoms with Crippen LogP contribution in [0.4, 0.5) is 0 Å². The van der Waals surface area contributed by atoms with Crippen molar-refractivity contribution in [3.8, 4) is 11.5 Å². The van der Waals surface area contributed by atoms with E-state index in [0.29, 0.717) is 23.9 Å². The van der Waals surface area contributed by atoms with Gasteiger partial charge in [0.05, 0.1) is 7.11 Å². The zero-order valence-electron chi connectivity index (χ0n) is 13.0. The topological polar surface area (TPSA) is 64.8 Å². The smallest absolute Gasteiger partial charge is 0.275 e. The monoisotopic (exact) mass is 304 g/mol. The number of hydrogen-bond donors (Lipinski definition) is 0. The molecule has 1 aromatic heterocycles. The number of amides is 1. The van der Waals surface area contributed by atoms with E-state index >= 15 is 0 Å². The van der Waals surface area contributed by atoms with Gasteiger partial charge in [-0.15, -0.1) is 0 Å². The second-order valence-corrected chi connectivity index (χ2v) is 4.82. The molecule has 22 heavy (non-hydrogen) atoms. The number of ether oxygens (including phenoxy) is 2. The maximum absolute atomic E-state index is 12.0. The first kappa shape index (κ1) is 15.9. The quantitative estimate of drug-likeness (QED) is 0.787. The molecule has 0 N–H and O–H groups in total. The lowest BCUT2D eigenvalue weighted by atomic mass is 10.3. The molecule has 0 saturated heterocycles. The van der Waals surface area contributed by atoms with Crippen LogP contribution in [0.25, 0.3) is 0 Å². The Hall–Kier alpha value is -2.50. The van der Waals surface area contributed by atoms with Gasteiger partial charge in [-0.1, -0.05) is 6.92 Å². The van der Waals surface area contributed by atoms with Gasteiger partial charge in [0.15, 0.2) is 12.3 Å². The number of aromatic nitrogens is 1. The molecule has 0 radical (unpaired) electrons. The minimum Gasteiger partial charge on any atom is -0.497 e. The molecular formula is C16H20N2O4. The summed E-state index contributed by atoms with van der Waals surface area (Å²) >= 11 is 0. The fourth-order valence-corrected chi connectivity index (χ4v) is 1.92. The molecule has 0 aliphatic rings. The predicted molar refractivity (Wildman–Crippen MR) is 81.1 cm³/mol. The van der Waals surface area contributed by atoms with Crippen molar-refractivity contribution in [1.82, 2.24) is 9.88 Å². The summed E-state index contributed by atoms with van der Waals surface area (Å²) < 4.78 is 15.9. The van der Waals surface area contributed by atoms with E-state index in [0.717, 1.165) is 12.2 Å². The summed E-state index contributed by atoms with van der Waals surface area (Å²) in [6.45, 7) is 2.86. The molecule has 2 rings (SSSR count). The third kappa shape index (κ3) is 4.00. The summed E-state index contributed by atoms with van der Waals surface area (Å²) in [4.78, 5) is 17.8. The SMILES string of the molecule is CCCN(C)C(=O)c1coc(COc2ccc(OC)cc2)n1. The van der Waals surface area contributed by atoms with Gasteiger partial charge in [-0.05, 0) is 30.7 Å². The number of methoxy groups -OCH3 is 1. The van der Waals surface area contributed by atoms with Crippen molar-refractivity contribution in [2.75, 3.05) is 20.7 Å². The first-order valence-electron chi connectivity index (χ1n) is 7.10. The third-order valence-electron chi connectivity index (χ3n) is 3.10. The molecular weight excluding hydrogens is 284 g/mol. The van der Waals surface area contributed by atoms with Crippen LogP contribution in [0.2, 0.25) is 0 Å². The molecule has 1 aromatic carbocycles. The van der Waals surface area contributed by atoms with Gasteiger partial charge >= 0.3 is 0 Å². The minimum atomic E-state index is -0.152. The number of benzene rings is 1. The highest BCUT2D eigenvalue weighted by atomic mass is 16.5. The zero-order chi connectivity index (χ0) is 15.9. The number of oxazole rings is 1. The number of hydrogen-bond acceptors (Lipinski definition) is 5. The first-order chi connectivity index (χ1) is 10.6. The van der Waals surface area contributed by atoms with Gasteiger partial charge in [0, 0.05) is 13.6 Å². The second kappa shape index (κ2) is 7.49. The van der Waals surface area contributed by atoms with Gasteiger partial charge in [0.2, 0.25) is 5.89 Å². The van der Waals surface area contributed by atoms with E-state index in [9.17, 15) is 4.79 Å². The number of nitrogens with zero attached hydrogens (tertiary/aromatic N) is 2. The van der Waals surface area contributed by atoms with Crippen LogP contribution in [0.3, 0.4) is 0 Å². The highest BCUT2D eigenvalue weighted by Crippen LogP contribution is 2.18. The first-order valence-corrected chi connectivity index (χ1v) is 7.10. The third-order valence-corrected chi connectivity index (χ3v) is 3.10. The summed E-state index contributed by atoms with van der Waals surface area (Å²) in [5.41, 5.74) is 0.296. The van der Waals surface area contributed by atoms with E-state index in [-0.39, 0.29) is 12.5 Å². The average molecular weight is 304 g/mol. The molecule has 0 spiro atoms. The zero-order valence-corrected chi connectivity index (χ0v) is 13.0. The lowest BCUT2D eigenvalue weighted by Gasteiger charge is -2.13. The highest BCUT2D eigenvalue weighted by Gasteiger charge is 2.16. The summed E-state index contributed by atoms with van der Waals surface area (Å²) in [5.74, 6) is 1.65. The molecule has 0 fully saturated rings. The molecule has 0 unspecified atom stereocenters. The predicted octanol–water partition coefficient (Wildman–Crippen LogP) is 2.74. The number of carbonyl (C=O) groups is 1. The van der Waals surface area contributed by atoms with E-state index in [1.165, 1.54) is 6.26 Å². The Bertz CT molecular complexity index is 607. The molecule has 0 saturated carbocycles. The second-order valence-electron chi connectivity index (χ2n) is 4.82. The van der Waals surface area contributed by atoms with Crippen molar-refractivity contribution in [1.29, 1.82) is 0 Å². The highest BCUT2D eigenvalue weighted by molar-refractivity contribution is 5.91. The van der Waals surface area contributed by atoms with Crippen molar-refractivity contribution >= 4 is 5.91 Å². The molecule has 0 atom stereocenters. The van der Waals surface area contributed by atoms with Crippen LogP contribution < -0.4 is 9.47 Å². The fourth-order valence-electron chi connectivity index (χ4n) is 1.92. The fraction of sp³-hybridized carbons (Fsp3) is 0.375. The van der Waals surface area contributed by atoms with Gasteiger partial charge in [0.1, 0.15) is 17.8 Å². The van der Waals surface area contributed by atoms with Gasteiger partial charge in [-0.25, -0.2) is 4.98 Å². The standard InChI is InChI=1S/C16H20N2O4/c1-4-9-18(2)16(19)14-10-22-15(17-14)11-21-13-7-5-12(20-3)6-8-13/h5-8,10H,4,9,11H2,1-3H3. The molecule has 118 valence electrons. The molecule has 0 bridgehead atoms. The van der Waals surface area contributed by atoms with E-state index < -0.39 is 0 Å². The van der Waals surface area contributed by atoms with Gasteiger partial charge in [-0.3, -0.25) is 4.79 Å². The largest absolute Gasteiger partial charge is 0.497 e. The maximum Gasteiger partial charge on any atom is 0.275 e. The molecule has 2 aromatic rings. The van der Waals surface area contributed by atoms with Gasteiger partial charge < -0.3 is 18.8 Å². The van der Waals surface area contributed by atoms with Crippen LogP contribution in [0.5, 0.6) is 11.5 Å². The van der Waals surface area contributed by atoms with E-state index in [4.69, 9.17) is 13.9 Å². The summed E-state index contributed by atoms with van der Waals surface area (Å²) in [6, 6.07) is 7.20. The van der Waals surface area contributed by atoms with Crippen molar-refractivity contribution in [2.24, 2.45) is 0 Å². The minimum absolute atomic E-state index is 0.152. The summed E-state index contributed by atoms with van der Waals surface area (Å²) in [6.07, 6.45) is 2.26. The lowest BCUT2D eigenvalue weighted by molar-refractivity contribution is 0.0789. The van der Waals surface area contributed by atoms with Crippen LogP contribution in [0, 0.1) is 0 Å². The number of rotatable bonds is 7. The summed E-state index contributed by atoms with van der Waals surface area (Å²) in [5, 5.41) is 0. The maximum atomic E-state index is 12.0. The van der Waals surface area contributed by atoms with Crippen molar-refractivity contribution in [2.45, 2.75) is 20.0 Å². The van der Waals surface area contributed by atoms with E-state index in [1.807, 2.05) is 6.92 Å². The van der Waals surface area contributed by atoms with Crippen molar-refractivity contribution in [3.63, 3.8) is 0 Å². The Labute approximate surface area is 129 Å². The van der Waals surface area contributed by atoms with Crippen LogP contribution in [-0.4, -0.2) is 36.5 Å². The van der Waals surface area contributed by atoms with Crippen molar-refractivity contribution < 1.29 is 18.7 Å². The van der Waals surface area contributed by atoms with Crippen LogP contribution >= 0.6 is 0 Å². The Kier molecular flexibility index (Phi) is 5.41. The summed E-state index contributed by atoms with van der Waals surface area (Å²) in [7, 11) is 3.35. The normalized spacial score (nSPS) is 10.3. The molecule has 1 heterocycles. The van der Waals surface area contributed by atoms with Crippen LogP contribution in [-0.2, 0) is 6.61 Å². The Morgan fingerprint density at radius 3 is 2.59 bits per heavy atom. The van der Waals surface area contributed by atoms with Crippen LogP contribution in [0.15, 0.2) is 34.9 Å². The molecule has 0 aliphatic heterocycles. The molecule has 0 aliphatic carbocycles. The molecule has 1 amide bonds. The lowest BCUT2D eigenvalue weighted by Crippen LogP contribution is -2.27. The Balaban J connectivity index is 1.92. The van der Waals surface area contributed by atoms with E-state index in [1.54, 1.807) is 43.3 Å². The van der Waals surface area contributed by atoms with Crippen LogP contribution in [0.1, 0.15) is 29.7 Å². The Morgan fingerprint density at radius 2 is 1.95 bits per heavy atom.